The van der Waals surface area contributed by atoms with E-state index in [9.17, 15) is 9.59 Å². The van der Waals surface area contributed by atoms with Crippen LogP contribution >= 0.6 is 23.2 Å². The van der Waals surface area contributed by atoms with Crippen LogP contribution in [0.3, 0.4) is 0 Å². The Morgan fingerprint density at radius 1 is 0.875 bits per heavy atom. The van der Waals surface area contributed by atoms with Crippen molar-refractivity contribution in [3.8, 4) is 0 Å². The molecule has 2 aromatic carbocycles. The molecule has 0 aliphatic carbocycles. The standard InChI is InChI=1S/C18H16Cl2N2O2/c19-15-8-5-13(11-16(15)20)17(23)21-14-6-3-12(4-7-14)18(24)22-9-1-2-10-22/h3-8,11H,1-2,9-10H2,(H,21,23). The summed E-state index contributed by atoms with van der Waals surface area (Å²) in [6, 6.07) is 11.6. The number of rotatable bonds is 3. The highest BCUT2D eigenvalue weighted by Crippen LogP contribution is 2.23. The molecular weight excluding hydrogens is 347 g/mol. The van der Waals surface area contributed by atoms with Gasteiger partial charge in [0.15, 0.2) is 0 Å². The highest BCUT2D eigenvalue weighted by molar-refractivity contribution is 6.42. The van der Waals surface area contributed by atoms with E-state index in [2.05, 4.69) is 5.32 Å². The van der Waals surface area contributed by atoms with Gasteiger partial charge >= 0.3 is 0 Å². The second-order valence-corrected chi connectivity index (χ2v) is 6.47. The maximum absolute atomic E-state index is 12.3. The lowest BCUT2D eigenvalue weighted by molar-refractivity contribution is 0.0792. The third-order valence-electron chi connectivity index (χ3n) is 3.96. The molecule has 0 atom stereocenters. The molecule has 1 N–H and O–H groups in total. The van der Waals surface area contributed by atoms with Crippen molar-refractivity contribution in [1.82, 2.24) is 4.90 Å². The predicted octanol–water partition coefficient (Wildman–Crippen LogP) is 4.48. The van der Waals surface area contributed by atoms with E-state index >= 15 is 0 Å². The van der Waals surface area contributed by atoms with Crippen molar-refractivity contribution < 1.29 is 9.59 Å². The van der Waals surface area contributed by atoms with Crippen molar-refractivity contribution in [2.75, 3.05) is 18.4 Å². The second kappa shape index (κ2) is 7.24. The Bertz CT molecular complexity index is 769. The summed E-state index contributed by atoms with van der Waals surface area (Å²) < 4.78 is 0. The van der Waals surface area contributed by atoms with E-state index in [0.717, 1.165) is 25.9 Å². The van der Waals surface area contributed by atoms with Gasteiger partial charge in [0, 0.05) is 29.9 Å². The van der Waals surface area contributed by atoms with Gasteiger partial charge in [0.25, 0.3) is 11.8 Å². The van der Waals surface area contributed by atoms with Crippen molar-refractivity contribution in [2.24, 2.45) is 0 Å². The lowest BCUT2D eigenvalue weighted by atomic mass is 10.1. The number of nitrogens with zero attached hydrogens (tertiary/aromatic N) is 1. The second-order valence-electron chi connectivity index (χ2n) is 5.66. The lowest BCUT2D eigenvalue weighted by Crippen LogP contribution is -2.27. The molecule has 0 spiro atoms. The van der Waals surface area contributed by atoms with Crippen LogP contribution in [0.4, 0.5) is 5.69 Å². The number of likely N-dealkylation sites (tertiary alicyclic amines) is 1. The van der Waals surface area contributed by atoms with Crippen LogP contribution in [0.2, 0.25) is 10.0 Å². The molecule has 1 fully saturated rings. The van der Waals surface area contributed by atoms with Crippen molar-refractivity contribution in [3.05, 3.63) is 63.6 Å². The average Bonchev–Trinajstić information content (AvgIpc) is 3.12. The van der Waals surface area contributed by atoms with Gasteiger partial charge in [-0.1, -0.05) is 23.2 Å². The number of nitrogens with one attached hydrogen (secondary N) is 1. The smallest absolute Gasteiger partial charge is 0.255 e. The van der Waals surface area contributed by atoms with E-state index < -0.39 is 0 Å². The monoisotopic (exact) mass is 362 g/mol. The minimum atomic E-state index is -0.285. The SMILES string of the molecule is O=C(Nc1ccc(C(=O)N2CCCC2)cc1)c1ccc(Cl)c(Cl)c1. The molecule has 0 radical (unpaired) electrons. The van der Waals surface area contributed by atoms with Gasteiger partial charge in [-0.15, -0.1) is 0 Å². The van der Waals surface area contributed by atoms with Crippen LogP contribution in [0, 0.1) is 0 Å². The maximum atomic E-state index is 12.3. The Morgan fingerprint density at radius 2 is 1.50 bits per heavy atom. The fourth-order valence-electron chi connectivity index (χ4n) is 2.64. The highest BCUT2D eigenvalue weighted by Gasteiger charge is 2.19. The van der Waals surface area contributed by atoms with Crippen molar-refractivity contribution >= 4 is 40.7 Å². The summed E-state index contributed by atoms with van der Waals surface area (Å²) in [5.74, 6) is -0.248. The van der Waals surface area contributed by atoms with E-state index in [4.69, 9.17) is 23.2 Å². The molecule has 24 heavy (non-hydrogen) atoms. The summed E-state index contributed by atoms with van der Waals surface area (Å²) in [5, 5.41) is 3.51. The zero-order valence-corrected chi connectivity index (χ0v) is 14.4. The average molecular weight is 363 g/mol. The molecule has 2 aromatic rings. The Balaban J connectivity index is 1.68. The van der Waals surface area contributed by atoms with Crippen LogP contribution in [-0.4, -0.2) is 29.8 Å². The summed E-state index contributed by atoms with van der Waals surface area (Å²) in [5.41, 5.74) is 1.66. The minimum Gasteiger partial charge on any atom is -0.339 e. The number of amides is 2. The van der Waals surface area contributed by atoms with Crippen LogP contribution in [0.5, 0.6) is 0 Å². The van der Waals surface area contributed by atoms with Crippen LogP contribution in [0.1, 0.15) is 33.6 Å². The molecule has 4 nitrogen and oxygen atoms in total. The van der Waals surface area contributed by atoms with Crippen molar-refractivity contribution in [1.29, 1.82) is 0 Å². The van der Waals surface area contributed by atoms with E-state index in [-0.39, 0.29) is 11.8 Å². The largest absolute Gasteiger partial charge is 0.339 e. The molecule has 1 saturated heterocycles. The maximum Gasteiger partial charge on any atom is 0.255 e. The Morgan fingerprint density at radius 3 is 2.12 bits per heavy atom. The Hall–Kier alpha value is -2.04. The molecular formula is C18H16Cl2N2O2. The van der Waals surface area contributed by atoms with Crippen molar-refractivity contribution in [3.63, 3.8) is 0 Å². The van der Waals surface area contributed by atoms with E-state index in [1.165, 1.54) is 6.07 Å². The zero-order chi connectivity index (χ0) is 17.1. The van der Waals surface area contributed by atoms with Gasteiger partial charge in [-0.25, -0.2) is 0 Å². The number of hydrogen-bond donors (Lipinski definition) is 1. The van der Waals surface area contributed by atoms with Gasteiger partial charge in [-0.2, -0.15) is 0 Å². The first-order valence-electron chi connectivity index (χ1n) is 7.70. The Labute approximate surface area is 150 Å². The molecule has 0 aromatic heterocycles. The van der Waals surface area contributed by atoms with Gasteiger partial charge in [-0.3, -0.25) is 9.59 Å². The zero-order valence-electron chi connectivity index (χ0n) is 12.9. The molecule has 3 rings (SSSR count). The Kier molecular flexibility index (Phi) is 5.07. The normalized spacial score (nSPS) is 13.8. The molecule has 124 valence electrons. The molecule has 6 heteroatoms. The summed E-state index contributed by atoms with van der Waals surface area (Å²) in [7, 11) is 0. The minimum absolute atomic E-state index is 0.0369. The van der Waals surface area contributed by atoms with Crippen LogP contribution in [-0.2, 0) is 0 Å². The number of anilines is 1. The molecule has 0 unspecified atom stereocenters. The van der Waals surface area contributed by atoms with Gasteiger partial charge < -0.3 is 10.2 Å². The van der Waals surface area contributed by atoms with Gasteiger partial charge in [0.05, 0.1) is 10.0 Å². The third-order valence-corrected chi connectivity index (χ3v) is 4.70. The molecule has 0 bridgehead atoms. The van der Waals surface area contributed by atoms with E-state index in [1.807, 2.05) is 4.90 Å². The summed E-state index contributed by atoms with van der Waals surface area (Å²) in [4.78, 5) is 26.4. The summed E-state index contributed by atoms with van der Waals surface area (Å²) in [6.07, 6.45) is 2.12. The van der Waals surface area contributed by atoms with Gasteiger partial charge in [0.2, 0.25) is 0 Å². The first-order chi connectivity index (χ1) is 11.5. The molecule has 2 amide bonds. The first kappa shape index (κ1) is 16.8. The molecule has 1 aliphatic rings. The van der Waals surface area contributed by atoms with E-state index in [0.29, 0.717) is 26.9 Å². The summed E-state index contributed by atoms with van der Waals surface area (Å²) >= 11 is 11.8. The van der Waals surface area contributed by atoms with Gasteiger partial charge in [0.1, 0.15) is 0 Å². The number of halogens is 2. The topological polar surface area (TPSA) is 49.4 Å². The van der Waals surface area contributed by atoms with Crippen molar-refractivity contribution in [2.45, 2.75) is 12.8 Å². The number of carbonyl (C=O) groups excluding carboxylic acids is 2. The van der Waals surface area contributed by atoms with Gasteiger partial charge in [-0.05, 0) is 55.3 Å². The molecule has 1 heterocycles. The summed E-state index contributed by atoms with van der Waals surface area (Å²) in [6.45, 7) is 1.63. The fourth-order valence-corrected chi connectivity index (χ4v) is 2.94. The predicted molar refractivity (Wildman–Crippen MR) is 96.0 cm³/mol. The highest BCUT2D eigenvalue weighted by atomic mass is 35.5. The van der Waals surface area contributed by atoms with E-state index in [1.54, 1.807) is 36.4 Å². The van der Waals surface area contributed by atoms with Crippen LogP contribution < -0.4 is 5.32 Å². The third kappa shape index (κ3) is 3.71. The number of carbonyl (C=O) groups is 2. The first-order valence-corrected chi connectivity index (χ1v) is 8.46. The number of hydrogen-bond acceptors (Lipinski definition) is 2. The number of benzene rings is 2. The quantitative estimate of drug-likeness (QED) is 0.874. The molecule has 0 saturated carbocycles. The molecule has 1 aliphatic heterocycles. The van der Waals surface area contributed by atoms with Crippen LogP contribution in [0.15, 0.2) is 42.5 Å². The van der Waals surface area contributed by atoms with Crippen LogP contribution in [0.25, 0.3) is 0 Å². The fraction of sp³-hybridized carbons (Fsp3) is 0.222. The lowest BCUT2D eigenvalue weighted by Gasteiger charge is -2.15.